The molecule has 4 rings (SSSR count). The minimum atomic E-state index is -3.37. The lowest BCUT2D eigenvalue weighted by Crippen LogP contribution is -2.22. The molecule has 0 amide bonds. The van der Waals surface area contributed by atoms with Crippen LogP contribution >= 0.6 is 0 Å². The van der Waals surface area contributed by atoms with Crippen LogP contribution in [0.15, 0.2) is 67.0 Å². The smallest absolute Gasteiger partial charge is 0.235 e. The van der Waals surface area contributed by atoms with Crippen molar-refractivity contribution in [1.29, 1.82) is 0 Å². The molecule has 1 unspecified atom stereocenters. The van der Waals surface area contributed by atoms with Crippen molar-refractivity contribution in [3.8, 4) is 11.3 Å². The summed E-state index contributed by atoms with van der Waals surface area (Å²) in [5.41, 5.74) is 4.24. The maximum absolute atomic E-state index is 12.1. The molecule has 1 atom stereocenters. The molecule has 2 aromatic carbocycles. The second-order valence-electron chi connectivity index (χ2n) is 7.72. The minimum Gasteiger partial charge on any atom is -0.363 e. The number of fused-ring (bicyclic) bond motifs is 1. The van der Waals surface area contributed by atoms with Crippen LogP contribution in [-0.2, 0) is 10.0 Å². The van der Waals surface area contributed by atoms with Gasteiger partial charge in [0.25, 0.3) is 0 Å². The molecule has 4 aromatic rings. The lowest BCUT2D eigenvalue weighted by molar-refractivity contribution is 0.593. The summed E-state index contributed by atoms with van der Waals surface area (Å²) < 4.78 is 26.7. The largest absolute Gasteiger partial charge is 0.363 e. The second kappa shape index (κ2) is 8.39. The molecule has 2 heterocycles. The van der Waals surface area contributed by atoms with Gasteiger partial charge in [-0.1, -0.05) is 42.5 Å². The minimum absolute atomic E-state index is 0.0888. The van der Waals surface area contributed by atoms with E-state index in [0.717, 1.165) is 28.1 Å². The monoisotopic (exact) mass is 435 g/mol. The zero-order valence-electron chi connectivity index (χ0n) is 17.6. The van der Waals surface area contributed by atoms with Crippen molar-refractivity contribution in [2.45, 2.75) is 32.1 Å². The average Bonchev–Trinajstić information content (AvgIpc) is 3.20. The molecule has 8 heteroatoms. The van der Waals surface area contributed by atoms with Gasteiger partial charge in [0.1, 0.15) is 17.8 Å². The van der Waals surface area contributed by atoms with Crippen molar-refractivity contribution >= 4 is 32.6 Å². The van der Waals surface area contributed by atoms with Crippen molar-refractivity contribution in [1.82, 2.24) is 15.0 Å². The van der Waals surface area contributed by atoms with Crippen molar-refractivity contribution in [3.05, 3.63) is 72.6 Å². The molecule has 0 radical (unpaired) electrons. The highest BCUT2D eigenvalue weighted by Crippen LogP contribution is 2.29. The van der Waals surface area contributed by atoms with Crippen LogP contribution in [0.3, 0.4) is 0 Å². The van der Waals surface area contributed by atoms with E-state index in [2.05, 4.69) is 44.0 Å². The number of anilines is 2. The summed E-state index contributed by atoms with van der Waals surface area (Å²) in [6.07, 6.45) is 1.53. The van der Waals surface area contributed by atoms with E-state index in [9.17, 15) is 8.42 Å². The van der Waals surface area contributed by atoms with Crippen LogP contribution in [0.2, 0.25) is 0 Å². The van der Waals surface area contributed by atoms with Crippen molar-refractivity contribution in [3.63, 3.8) is 0 Å². The van der Waals surface area contributed by atoms with Crippen LogP contribution in [0.4, 0.5) is 11.5 Å². The molecule has 0 spiro atoms. The van der Waals surface area contributed by atoms with Crippen molar-refractivity contribution < 1.29 is 8.42 Å². The van der Waals surface area contributed by atoms with E-state index in [-0.39, 0.29) is 6.04 Å². The molecule has 0 fully saturated rings. The van der Waals surface area contributed by atoms with Gasteiger partial charge in [0, 0.05) is 17.4 Å². The van der Waals surface area contributed by atoms with Crippen LogP contribution in [0, 0.1) is 0 Å². The third-order valence-corrected chi connectivity index (χ3v) is 6.92. The molecule has 2 aromatic heterocycles. The molecule has 7 nitrogen and oxygen atoms in total. The van der Waals surface area contributed by atoms with Crippen molar-refractivity contribution in [2.24, 2.45) is 0 Å². The van der Waals surface area contributed by atoms with E-state index in [0.29, 0.717) is 5.69 Å². The third-order valence-electron chi connectivity index (χ3n) is 5.16. The Balaban J connectivity index is 1.59. The molecule has 0 saturated heterocycles. The van der Waals surface area contributed by atoms with Gasteiger partial charge in [-0.2, -0.15) is 0 Å². The summed E-state index contributed by atoms with van der Waals surface area (Å²) in [5, 5.41) is 3.86. The Labute approximate surface area is 182 Å². The molecule has 0 saturated carbocycles. The third kappa shape index (κ3) is 4.54. The lowest BCUT2D eigenvalue weighted by Gasteiger charge is -2.15. The number of aromatic nitrogens is 3. The highest BCUT2D eigenvalue weighted by Gasteiger charge is 2.16. The maximum Gasteiger partial charge on any atom is 0.235 e. The van der Waals surface area contributed by atoms with E-state index in [1.54, 1.807) is 26.0 Å². The number of nitrogens with one attached hydrogen (secondary N) is 3. The van der Waals surface area contributed by atoms with Gasteiger partial charge in [-0.3, -0.25) is 4.72 Å². The highest BCUT2D eigenvalue weighted by atomic mass is 32.2. The van der Waals surface area contributed by atoms with E-state index >= 15 is 0 Å². The first-order valence-corrected chi connectivity index (χ1v) is 11.7. The van der Waals surface area contributed by atoms with Crippen LogP contribution in [-0.4, -0.2) is 28.6 Å². The predicted octanol–water partition coefficient (Wildman–Crippen LogP) is 4.95. The van der Waals surface area contributed by atoms with Crippen LogP contribution < -0.4 is 10.0 Å². The average molecular weight is 436 g/mol. The first-order valence-electron chi connectivity index (χ1n) is 10.1. The molecule has 0 bridgehead atoms. The van der Waals surface area contributed by atoms with Gasteiger partial charge in [-0.15, -0.1) is 0 Å². The summed E-state index contributed by atoms with van der Waals surface area (Å²) in [6.45, 7) is 5.38. The summed E-state index contributed by atoms with van der Waals surface area (Å²) in [4.78, 5) is 12.1. The number of rotatable bonds is 7. The Bertz CT molecular complexity index is 1280. The number of nitrogens with zero attached hydrogens (tertiary/aromatic N) is 2. The fourth-order valence-corrected chi connectivity index (χ4v) is 3.94. The normalized spacial score (nSPS) is 12.8. The molecule has 0 aliphatic rings. The molecule has 3 N–H and O–H groups in total. The summed E-state index contributed by atoms with van der Waals surface area (Å²) >= 11 is 0. The Kier molecular flexibility index (Phi) is 5.65. The van der Waals surface area contributed by atoms with E-state index in [4.69, 9.17) is 0 Å². The lowest BCUT2D eigenvalue weighted by atomic mass is 10.1. The van der Waals surface area contributed by atoms with E-state index in [1.807, 2.05) is 36.4 Å². The Morgan fingerprint density at radius 2 is 1.65 bits per heavy atom. The molecule has 0 aliphatic carbocycles. The number of H-pyrrole nitrogens is 1. The zero-order chi connectivity index (χ0) is 22.0. The summed E-state index contributed by atoms with van der Waals surface area (Å²) in [6, 6.07) is 19.5. The van der Waals surface area contributed by atoms with Gasteiger partial charge >= 0.3 is 0 Å². The number of aromatic amines is 1. The van der Waals surface area contributed by atoms with E-state index < -0.39 is 15.3 Å². The van der Waals surface area contributed by atoms with Gasteiger partial charge in [-0.25, -0.2) is 18.4 Å². The number of benzene rings is 2. The Morgan fingerprint density at radius 1 is 0.935 bits per heavy atom. The first-order chi connectivity index (χ1) is 14.8. The Hall–Kier alpha value is -3.39. The van der Waals surface area contributed by atoms with Gasteiger partial charge < -0.3 is 10.3 Å². The van der Waals surface area contributed by atoms with Crippen LogP contribution in [0.1, 0.15) is 32.4 Å². The van der Waals surface area contributed by atoms with Crippen LogP contribution in [0.5, 0.6) is 0 Å². The summed E-state index contributed by atoms with van der Waals surface area (Å²) in [7, 11) is -3.37. The summed E-state index contributed by atoms with van der Waals surface area (Å²) in [5.74, 6) is 0.755. The number of sulfonamides is 1. The number of hydrogen-bond donors (Lipinski definition) is 3. The van der Waals surface area contributed by atoms with Gasteiger partial charge in [0.15, 0.2) is 0 Å². The molecule has 31 heavy (non-hydrogen) atoms. The fourth-order valence-electron chi connectivity index (χ4n) is 3.24. The number of hydrogen-bond acceptors (Lipinski definition) is 5. The molecular formula is C23H25N5O2S. The van der Waals surface area contributed by atoms with Gasteiger partial charge in [-0.05, 0) is 50.1 Å². The molecule has 160 valence electrons. The van der Waals surface area contributed by atoms with Crippen molar-refractivity contribution in [2.75, 3.05) is 10.0 Å². The quantitative estimate of drug-likeness (QED) is 0.381. The first kappa shape index (κ1) is 20.9. The SMILES string of the molecule is CC(Nc1ncnc2[nH]c(-c3ccc(NS(=O)(=O)C(C)C)cc3)cc12)c1ccccc1. The maximum atomic E-state index is 12.1. The predicted molar refractivity (Wildman–Crippen MR) is 125 cm³/mol. The molecular weight excluding hydrogens is 410 g/mol. The van der Waals surface area contributed by atoms with Gasteiger partial charge in [0.2, 0.25) is 10.0 Å². The van der Waals surface area contributed by atoms with E-state index in [1.165, 1.54) is 11.9 Å². The standard InChI is InChI=1S/C23H25N5O2S/c1-15(2)31(29,30)28-19-11-9-18(10-12-19)21-13-20-22(24-14-25-23(20)27-21)26-16(3)17-7-5-4-6-8-17/h4-16,28H,1-3H3,(H2,24,25,26,27). The van der Waals surface area contributed by atoms with Gasteiger partial charge in [0.05, 0.1) is 10.6 Å². The molecule has 0 aliphatic heterocycles. The topological polar surface area (TPSA) is 99.8 Å². The fraction of sp³-hybridized carbons (Fsp3) is 0.217. The highest BCUT2D eigenvalue weighted by molar-refractivity contribution is 7.93. The van der Waals surface area contributed by atoms with Crippen LogP contribution in [0.25, 0.3) is 22.3 Å². The second-order valence-corrected chi connectivity index (χ2v) is 9.95. The zero-order valence-corrected chi connectivity index (χ0v) is 18.4. The Morgan fingerprint density at radius 3 is 2.32 bits per heavy atom.